The molecule has 0 radical (unpaired) electrons. The normalized spacial score (nSPS) is 15.1. The highest BCUT2D eigenvalue weighted by molar-refractivity contribution is 7.86. The molecule has 1 aliphatic heterocycles. The van der Waals surface area contributed by atoms with Crippen LogP contribution in [0.1, 0.15) is 17.5 Å². The van der Waals surface area contributed by atoms with E-state index in [1.54, 1.807) is 0 Å². The molecule has 0 fully saturated rings. The molecule has 230 valence electrons. The molecule has 45 heavy (non-hydrogen) atoms. The van der Waals surface area contributed by atoms with Gasteiger partial charge >= 0.3 is 0 Å². The molecule has 0 atom stereocenters. The third kappa shape index (κ3) is 6.11. The van der Waals surface area contributed by atoms with Gasteiger partial charge in [0.15, 0.2) is 11.5 Å². The van der Waals surface area contributed by atoms with Crippen molar-refractivity contribution in [3.05, 3.63) is 72.1 Å². The van der Waals surface area contributed by atoms with Crippen molar-refractivity contribution in [2.24, 2.45) is 15.3 Å². The Kier molecular flexibility index (Phi) is 7.69. The van der Waals surface area contributed by atoms with Crippen LogP contribution in [0.5, 0.6) is 0 Å². The first-order valence-corrected chi connectivity index (χ1v) is 16.4. The Morgan fingerprint density at radius 2 is 1.42 bits per heavy atom. The van der Waals surface area contributed by atoms with Gasteiger partial charge in [0.2, 0.25) is 0 Å². The lowest BCUT2D eigenvalue weighted by molar-refractivity contribution is 0.0992. The highest BCUT2D eigenvalue weighted by Crippen LogP contribution is 2.32. The van der Waals surface area contributed by atoms with E-state index in [1.807, 2.05) is 6.07 Å². The highest BCUT2D eigenvalue weighted by Gasteiger charge is 2.33. The smallest absolute Gasteiger partial charge is 0.282 e. The predicted molar refractivity (Wildman–Crippen MR) is 156 cm³/mol. The maximum atomic E-state index is 13.5. The second-order valence-corrected chi connectivity index (χ2v) is 13.4. The topological polar surface area (TPSA) is 271 Å². The first-order chi connectivity index (χ1) is 21.0. The van der Waals surface area contributed by atoms with E-state index in [4.69, 9.17) is 4.55 Å². The summed E-state index contributed by atoms with van der Waals surface area (Å²) in [7, 11) is -13.9. The van der Waals surface area contributed by atoms with Crippen molar-refractivity contribution in [1.82, 2.24) is 9.55 Å². The quantitative estimate of drug-likeness (QED) is 0.124. The Morgan fingerprint density at radius 1 is 0.822 bits per heavy atom. The molecule has 0 saturated carbocycles. The summed E-state index contributed by atoms with van der Waals surface area (Å²) in [5, 5.41) is 21.5. The van der Waals surface area contributed by atoms with Crippen LogP contribution in [0.4, 0.5) is 17.1 Å². The number of hydrazone groups is 1. The first kappa shape index (κ1) is 31.3. The van der Waals surface area contributed by atoms with Gasteiger partial charge in [-0.1, -0.05) is 0 Å². The number of carbonyl (C=O) groups is 1. The molecule has 3 aromatic carbocycles. The van der Waals surface area contributed by atoms with Crippen LogP contribution in [0.3, 0.4) is 0 Å². The molecule has 4 N–H and O–H groups in total. The van der Waals surface area contributed by atoms with Gasteiger partial charge in [-0.3, -0.25) is 28.4 Å². The van der Waals surface area contributed by atoms with Crippen LogP contribution in [0.15, 0.2) is 96.3 Å². The minimum absolute atomic E-state index is 0.0176. The van der Waals surface area contributed by atoms with Gasteiger partial charge in [0.1, 0.15) is 16.5 Å². The van der Waals surface area contributed by atoms with Gasteiger partial charge < -0.3 is 0 Å². The Morgan fingerprint density at radius 3 is 2.02 bits per heavy atom. The standard InChI is InChI=1S/C25H17N7O10S3/c1-13-18(12-26)24-27-20-11-17(44(37,38)39)7-9-21(20)32(24)25(33)23(13)31-30-19-8-4-15(10-22(19)45(40,41)42)29-28-14-2-5-16(6-3-14)43(34,35)36/h2-11,30H,1H3,(H,34,35,36)(H,37,38,39)(H,40,41,42)/b29-28+,31-23+. The molecule has 0 bridgehead atoms. The highest BCUT2D eigenvalue weighted by atomic mass is 32.2. The van der Waals surface area contributed by atoms with E-state index in [1.165, 1.54) is 31.2 Å². The number of hydrogen-bond acceptors (Lipinski definition) is 13. The van der Waals surface area contributed by atoms with E-state index >= 15 is 0 Å². The van der Waals surface area contributed by atoms with Crippen LogP contribution in [-0.2, 0) is 30.4 Å². The van der Waals surface area contributed by atoms with E-state index in [9.17, 15) is 44.4 Å². The van der Waals surface area contributed by atoms with Gasteiger partial charge in [0.05, 0.1) is 37.9 Å². The van der Waals surface area contributed by atoms with E-state index in [0.717, 1.165) is 41.0 Å². The summed E-state index contributed by atoms with van der Waals surface area (Å²) in [6.45, 7) is 1.39. The van der Waals surface area contributed by atoms with Crippen LogP contribution in [0.2, 0.25) is 0 Å². The lowest BCUT2D eigenvalue weighted by Crippen LogP contribution is -2.30. The summed E-state index contributed by atoms with van der Waals surface area (Å²) in [5.41, 5.74) is 1.88. The number of nitrogens with one attached hydrogen (secondary N) is 1. The van der Waals surface area contributed by atoms with E-state index in [-0.39, 0.29) is 55.7 Å². The van der Waals surface area contributed by atoms with Crippen LogP contribution in [-0.4, -0.2) is 60.1 Å². The molecule has 0 amide bonds. The largest absolute Gasteiger partial charge is 0.296 e. The van der Waals surface area contributed by atoms with Gasteiger partial charge in [-0.25, -0.2) is 4.98 Å². The van der Waals surface area contributed by atoms with Crippen molar-refractivity contribution in [2.75, 3.05) is 5.43 Å². The van der Waals surface area contributed by atoms with E-state index in [2.05, 4.69) is 25.7 Å². The lowest BCUT2D eigenvalue weighted by atomic mass is 10.0. The summed E-state index contributed by atoms with van der Waals surface area (Å²) in [6.07, 6.45) is 0. The minimum atomic E-state index is -4.90. The predicted octanol–water partition coefficient (Wildman–Crippen LogP) is 3.61. The van der Waals surface area contributed by atoms with Crippen molar-refractivity contribution in [1.29, 1.82) is 5.26 Å². The van der Waals surface area contributed by atoms with Crippen LogP contribution >= 0.6 is 0 Å². The Balaban J connectivity index is 1.50. The number of benzene rings is 3. The van der Waals surface area contributed by atoms with Crippen LogP contribution in [0, 0.1) is 11.3 Å². The van der Waals surface area contributed by atoms with Crippen molar-refractivity contribution >= 4 is 75.6 Å². The number of carbonyl (C=O) groups excluding carboxylic acids is 1. The number of anilines is 1. The molecule has 5 rings (SSSR count). The van der Waals surface area contributed by atoms with E-state index < -0.39 is 46.1 Å². The third-order valence-corrected chi connectivity index (χ3v) is 8.95. The van der Waals surface area contributed by atoms with Crippen LogP contribution < -0.4 is 5.43 Å². The lowest BCUT2D eigenvalue weighted by Gasteiger charge is -2.17. The van der Waals surface area contributed by atoms with Gasteiger partial charge in [-0.2, -0.15) is 45.8 Å². The van der Waals surface area contributed by atoms with Crippen LogP contribution in [0.25, 0.3) is 16.6 Å². The number of nitriles is 1. The number of aromatic nitrogens is 2. The number of allylic oxidation sites excluding steroid dienone is 2. The first-order valence-electron chi connectivity index (χ1n) is 12.1. The summed E-state index contributed by atoms with van der Waals surface area (Å²) in [6, 6.07) is 13.2. The average Bonchev–Trinajstić information content (AvgIpc) is 3.34. The number of hydrogen-bond donors (Lipinski definition) is 4. The maximum Gasteiger partial charge on any atom is 0.296 e. The SMILES string of the molecule is CC1=C(C#N)c2nc3cc(S(=O)(=O)O)ccc3n2C(=O)/C1=N/Nc1ccc(/N=N/c2ccc(S(=O)(=O)O)cc2)cc1S(=O)(=O)O. The van der Waals surface area contributed by atoms with Gasteiger partial charge in [-0.15, -0.1) is 0 Å². The van der Waals surface area contributed by atoms with Gasteiger partial charge in [0.25, 0.3) is 36.3 Å². The molecule has 0 unspecified atom stereocenters. The molecule has 20 heteroatoms. The maximum absolute atomic E-state index is 13.5. The Labute approximate surface area is 254 Å². The molecular weight excluding hydrogens is 655 g/mol. The second kappa shape index (κ2) is 11.1. The summed E-state index contributed by atoms with van der Waals surface area (Å²) < 4.78 is 99.1. The molecule has 4 aromatic rings. The monoisotopic (exact) mass is 671 g/mol. The van der Waals surface area contributed by atoms with Gasteiger partial charge in [0, 0.05) is 5.57 Å². The fraction of sp³-hybridized carbons (Fsp3) is 0.0400. The Bertz CT molecular complexity index is 2410. The van der Waals surface area contributed by atoms with Crippen molar-refractivity contribution in [3.8, 4) is 6.07 Å². The van der Waals surface area contributed by atoms with Crippen molar-refractivity contribution in [3.63, 3.8) is 0 Å². The minimum Gasteiger partial charge on any atom is -0.282 e. The second-order valence-electron chi connectivity index (χ2n) is 9.21. The fourth-order valence-corrected chi connectivity index (χ4v) is 5.85. The molecule has 1 aliphatic rings. The van der Waals surface area contributed by atoms with Gasteiger partial charge in [-0.05, 0) is 67.6 Å². The average molecular weight is 672 g/mol. The zero-order valence-electron chi connectivity index (χ0n) is 22.4. The number of rotatable bonds is 7. The molecule has 1 aromatic heterocycles. The van der Waals surface area contributed by atoms with E-state index in [0.29, 0.717) is 0 Å². The number of nitrogens with zero attached hydrogens (tertiary/aromatic N) is 6. The summed E-state index contributed by atoms with van der Waals surface area (Å²) in [4.78, 5) is 16.1. The summed E-state index contributed by atoms with van der Waals surface area (Å²) >= 11 is 0. The molecule has 0 aliphatic carbocycles. The fourth-order valence-electron chi connectivity index (χ4n) is 4.21. The zero-order chi connectivity index (χ0) is 32.9. The number of fused-ring (bicyclic) bond motifs is 3. The molecular formula is C25H17N7O10S3. The number of imidazole rings is 1. The van der Waals surface area contributed by atoms with Crippen molar-refractivity contribution in [2.45, 2.75) is 21.6 Å². The summed E-state index contributed by atoms with van der Waals surface area (Å²) in [5.74, 6) is -0.919. The molecule has 0 saturated heterocycles. The third-order valence-electron chi connectivity index (χ3n) is 6.34. The van der Waals surface area contributed by atoms with Crippen molar-refractivity contribution < 1.29 is 43.7 Å². The number of azo groups is 1. The molecule has 17 nitrogen and oxygen atoms in total. The molecule has 2 heterocycles. The molecule has 0 spiro atoms. The zero-order valence-corrected chi connectivity index (χ0v) is 24.8. The Hall–Kier alpha value is -5.17.